The maximum atomic E-state index is 5.88. The van der Waals surface area contributed by atoms with E-state index in [4.69, 9.17) is 34.7 Å². The van der Waals surface area contributed by atoms with Gasteiger partial charge in [0, 0.05) is 22.6 Å². The summed E-state index contributed by atoms with van der Waals surface area (Å²) in [5.41, 5.74) is 11.9. The van der Waals surface area contributed by atoms with Gasteiger partial charge in [-0.2, -0.15) is 0 Å². The molecule has 13 heavy (non-hydrogen) atoms. The van der Waals surface area contributed by atoms with E-state index in [2.05, 4.69) is 0 Å². The second-order valence-electron chi connectivity index (χ2n) is 2.51. The Labute approximate surface area is 93.6 Å². The van der Waals surface area contributed by atoms with Gasteiger partial charge in [0.05, 0.1) is 0 Å². The third kappa shape index (κ3) is 3.33. The van der Waals surface area contributed by atoms with Crippen LogP contribution in [0.5, 0.6) is 0 Å². The Morgan fingerprint density at radius 1 is 1.31 bits per heavy atom. The number of nitrogens with two attached hydrogens (primary N) is 2. The van der Waals surface area contributed by atoms with Crippen molar-refractivity contribution in [2.24, 2.45) is 11.5 Å². The van der Waals surface area contributed by atoms with Gasteiger partial charge in [-0.05, 0) is 23.8 Å². The Morgan fingerprint density at radius 3 is 2.46 bits per heavy atom. The molecule has 0 aliphatic heterocycles. The highest BCUT2D eigenvalue weighted by atomic mass is 35.5. The van der Waals surface area contributed by atoms with Crippen molar-refractivity contribution in [3.63, 3.8) is 0 Å². The zero-order valence-electron chi connectivity index (χ0n) is 6.84. The Bertz CT molecular complexity index is 278. The Morgan fingerprint density at radius 2 is 1.92 bits per heavy atom. The molecule has 0 unspecified atom stereocenters. The molecule has 1 aromatic rings. The van der Waals surface area contributed by atoms with Crippen LogP contribution in [0.1, 0.15) is 11.6 Å². The standard InChI is InChI=1S/C8H10Cl2N2.ClH/c9-5-1-2-7(10)6(3-5)8(12)4-11;/h1-3,8H,4,11-12H2;1H/t8-;/m1./s1. The minimum absolute atomic E-state index is 0. The van der Waals surface area contributed by atoms with Crippen LogP contribution < -0.4 is 11.5 Å². The zero-order valence-corrected chi connectivity index (χ0v) is 9.16. The van der Waals surface area contributed by atoms with E-state index in [0.29, 0.717) is 16.6 Å². The van der Waals surface area contributed by atoms with Crippen LogP contribution >= 0.6 is 35.6 Å². The number of halogens is 3. The molecule has 0 aliphatic carbocycles. The average molecular weight is 242 g/mol. The van der Waals surface area contributed by atoms with E-state index < -0.39 is 0 Å². The smallest absolute Gasteiger partial charge is 0.0455 e. The molecule has 0 aromatic heterocycles. The summed E-state index contributed by atoms with van der Waals surface area (Å²) in [7, 11) is 0. The van der Waals surface area contributed by atoms with E-state index in [1.54, 1.807) is 18.2 Å². The molecule has 0 saturated heterocycles. The quantitative estimate of drug-likeness (QED) is 0.835. The second kappa shape index (κ2) is 5.68. The molecule has 0 amide bonds. The van der Waals surface area contributed by atoms with Crippen LogP contribution in [0.4, 0.5) is 0 Å². The van der Waals surface area contributed by atoms with Crippen molar-refractivity contribution in [1.29, 1.82) is 0 Å². The lowest BCUT2D eigenvalue weighted by atomic mass is 10.1. The molecule has 74 valence electrons. The van der Waals surface area contributed by atoms with Crippen molar-refractivity contribution in [2.75, 3.05) is 6.54 Å². The summed E-state index contributed by atoms with van der Waals surface area (Å²) in [6.07, 6.45) is 0. The van der Waals surface area contributed by atoms with Crippen LogP contribution in [-0.4, -0.2) is 6.54 Å². The van der Waals surface area contributed by atoms with E-state index >= 15 is 0 Å². The lowest BCUT2D eigenvalue weighted by molar-refractivity contribution is 0.737. The first-order valence-electron chi connectivity index (χ1n) is 3.55. The maximum absolute atomic E-state index is 5.88. The fraction of sp³-hybridized carbons (Fsp3) is 0.250. The normalized spacial score (nSPS) is 12.0. The summed E-state index contributed by atoms with van der Waals surface area (Å²) < 4.78 is 0. The molecule has 0 spiro atoms. The predicted octanol–water partition coefficient (Wildman–Crippen LogP) is 2.37. The molecule has 0 radical (unpaired) electrons. The third-order valence-corrected chi connectivity index (χ3v) is 2.19. The minimum Gasteiger partial charge on any atom is -0.329 e. The van der Waals surface area contributed by atoms with E-state index in [1.807, 2.05) is 0 Å². The maximum Gasteiger partial charge on any atom is 0.0455 e. The molecule has 0 saturated carbocycles. The largest absolute Gasteiger partial charge is 0.329 e. The molecule has 5 heteroatoms. The van der Waals surface area contributed by atoms with Crippen LogP contribution in [0.25, 0.3) is 0 Å². The molecule has 4 N–H and O–H groups in total. The van der Waals surface area contributed by atoms with Gasteiger partial charge in [-0.1, -0.05) is 23.2 Å². The van der Waals surface area contributed by atoms with Gasteiger partial charge in [0.2, 0.25) is 0 Å². The van der Waals surface area contributed by atoms with Crippen molar-refractivity contribution in [3.05, 3.63) is 33.8 Å². The van der Waals surface area contributed by atoms with Crippen LogP contribution in [0, 0.1) is 0 Å². The highest BCUT2D eigenvalue weighted by Crippen LogP contribution is 2.24. The van der Waals surface area contributed by atoms with Gasteiger partial charge in [0.25, 0.3) is 0 Å². The number of hydrogen-bond donors (Lipinski definition) is 2. The lowest BCUT2D eigenvalue weighted by Crippen LogP contribution is -2.20. The van der Waals surface area contributed by atoms with Gasteiger partial charge in [-0.3, -0.25) is 0 Å². The predicted molar refractivity (Wildman–Crippen MR) is 59.7 cm³/mol. The number of hydrogen-bond acceptors (Lipinski definition) is 2. The molecular weight excluding hydrogens is 230 g/mol. The van der Waals surface area contributed by atoms with Crippen LogP contribution in [-0.2, 0) is 0 Å². The summed E-state index contributed by atoms with van der Waals surface area (Å²) in [4.78, 5) is 0. The van der Waals surface area contributed by atoms with Gasteiger partial charge in [0.15, 0.2) is 0 Å². The monoisotopic (exact) mass is 240 g/mol. The molecule has 0 bridgehead atoms. The fourth-order valence-corrected chi connectivity index (χ4v) is 1.36. The zero-order chi connectivity index (χ0) is 9.14. The number of benzene rings is 1. The van der Waals surface area contributed by atoms with Gasteiger partial charge in [-0.25, -0.2) is 0 Å². The van der Waals surface area contributed by atoms with Crippen molar-refractivity contribution >= 4 is 35.6 Å². The number of rotatable bonds is 2. The van der Waals surface area contributed by atoms with Gasteiger partial charge >= 0.3 is 0 Å². The molecule has 0 aliphatic rings. The van der Waals surface area contributed by atoms with E-state index in [9.17, 15) is 0 Å². The van der Waals surface area contributed by atoms with E-state index in [1.165, 1.54) is 0 Å². The summed E-state index contributed by atoms with van der Waals surface area (Å²) in [5, 5.41) is 1.23. The average Bonchev–Trinajstić information content (AvgIpc) is 2.08. The van der Waals surface area contributed by atoms with Crippen molar-refractivity contribution < 1.29 is 0 Å². The first-order chi connectivity index (χ1) is 5.65. The van der Waals surface area contributed by atoms with E-state index in [0.717, 1.165) is 5.56 Å². The summed E-state index contributed by atoms with van der Waals surface area (Å²) >= 11 is 11.6. The van der Waals surface area contributed by atoms with Crippen molar-refractivity contribution in [2.45, 2.75) is 6.04 Å². The van der Waals surface area contributed by atoms with Gasteiger partial charge < -0.3 is 11.5 Å². The van der Waals surface area contributed by atoms with Crippen LogP contribution in [0.15, 0.2) is 18.2 Å². The molecule has 0 fully saturated rings. The summed E-state index contributed by atoms with van der Waals surface area (Å²) in [6.45, 7) is 0.361. The van der Waals surface area contributed by atoms with Gasteiger partial charge in [0.1, 0.15) is 0 Å². The molecule has 2 nitrogen and oxygen atoms in total. The fourth-order valence-electron chi connectivity index (χ4n) is 0.926. The van der Waals surface area contributed by atoms with Crippen LogP contribution in [0.3, 0.4) is 0 Å². The molecule has 1 aromatic carbocycles. The van der Waals surface area contributed by atoms with Crippen molar-refractivity contribution in [3.8, 4) is 0 Å². The topological polar surface area (TPSA) is 52.0 Å². The summed E-state index contributed by atoms with van der Waals surface area (Å²) in [5.74, 6) is 0. The second-order valence-corrected chi connectivity index (χ2v) is 3.35. The SMILES string of the molecule is Cl.NC[C@@H](N)c1cc(Cl)ccc1Cl. The molecular formula is C8H11Cl3N2. The summed E-state index contributed by atoms with van der Waals surface area (Å²) in [6, 6.07) is 4.93. The van der Waals surface area contributed by atoms with Crippen LogP contribution in [0.2, 0.25) is 10.0 Å². The van der Waals surface area contributed by atoms with E-state index in [-0.39, 0.29) is 18.4 Å². The van der Waals surface area contributed by atoms with Crippen molar-refractivity contribution in [1.82, 2.24) is 0 Å². The molecule has 1 atom stereocenters. The minimum atomic E-state index is -0.240. The third-order valence-electron chi connectivity index (χ3n) is 1.61. The Kier molecular flexibility index (Phi) is 5.68. The first-order valence-corrected chi connectivity index (χ1v) is 4.31. The molecule has 1 rings (SSSR count). The molecule has 0 heterocycles. The first kappa shape index (κ1) is 13.0. The highest BCUT2D eigenvalue weighted by Gasteiger charge is 2.08. The van der Waals surface area contributed by atoms with Gasteiger partial charge in [-0.15, -0.1) is 12.4 Å². The lowest BCUT2D eigenvalue weighted by Gasteiger charge is -2.10. The highest BCUT2D eigenvalue weighted by molar-refractivity contribution is 6.33. The Hall–Kier alpha value is 0.01000. The Balaban J connectivity index is 0.00000144.